The van der Waals surface area contributed by atoms with Gasteiger partial charge in [0.2, 0.25) is 0 Å². The van der Waals surface area contributed by atoms with Gasteiger partial charge in [0.1, 0.15) is 0 Å². The van der Waals surface area contributed by atoms with Gasteiger partial charge in [-0.15, -0.1) is 0 Å². The van der Waals surface area contributed by atoms with Gasteiger partial charge in [0, 0.05) is 30.9 Å². The van der Waals surface area contributed by atoms with E-state index in [0.29, 0.717) is 31.3 Å². The SMILES string of the molecule is O=c1ccn(CC(O)c2ccc3c(c2)OCCCO3)cc1. The summed E-state index contributed by atoms with van der Waals surface area (Å²) < 4.78 is 13.0. The van der Waals surface area contributed by atoms with Crippen LogP contribution in [-0.4, -0.2) is 22.9 Å². The lowest BCUT2D eigenvalue weighted by Crippen LogP contribution is -2.10. The lowest BCUT2D eigenvalue weighted by Gasteiger charge is -2.15. The Hall–Kier alpha value is -2.27. The minimum absolute atomic E-state index is 0.0451. The minimum atomic E-state index is -0.676. The number of hydrogen-bond donors (Lipinski definition) is 1. The summed E-state index contributed by atoms with van der Waals surface area (Å²) in [5, 5.41) is 10.3. The van der Waals surface area contributed by atoms with E-state index in [1.165, 1.54) is 12.1 Å². The monoisotopic (exact) mass is 287 g/mol. The van der Waals surface area contributed by atoms with Crippen LogP contribution in [0.5, 0.6) is 11.5 Å². The molecule has 0 aliphatic carbocycles. The van der Waals surface area contributed by atoms with E-state index in [4.69, 9.17) is 9.47 Å². The second kappa shape index (κ2) is 6.01. The number of aliphatic hydroxyl groups excluding tert-OH is 1. The van der Waals surface area contributed by atoms with E-state index in [0.717, 1.165) is 12.0 Å². The molecule has 1 aliphatic heterocycles. The van der Waals surface area contributed by atoms with Crippen LogP contribution in [0.25, 0.3) is 0 Å². The van der Waals surface area contributed by atoms with Crippen LogP contribution in [0.1, 0.15) is 18.1 Å². The molecular weight excluding hydrogens is 270 g/mol. The Morgan fingerprint density at radius 3 is 2.57 bits per heavy atom. The van der Waals surface area contributed by atoms with Crippen LogP contribution >= 0.6 is 0 Å². The first-order valence-corrected chi connectivity index (χ1v) is 6.96. The Balaban J connectivity index is 1.78. The number of benzene rings is 1. The zero-order valence-electron chi connectivity index (χ0n) is 11.6. The molecule has 5 heteroatoms. The van der Waals surface area contributed by atoms with Crippen LogP contribution in [0.2, 0.25) is 0 Å². The van der Waals surface area contributed by atoms with Crippen LogP contribution in [0, 0.1) is 0 Å². The number of aliphatic hydroxyl groups is 1. The van der Waals surface area contributed by atoms with Gasteiger partial charge in [-0.25, -0.2) is 0 Å². The number of pyridine rings is 1. The molecule has 1 atom stereocenters. The first-order chi connectivity index (χ1) is 10.2. The Labute approximate surface area is 122 Å². The number of rotatable bonds is 3. The molecule has 0 bridgehead atoms. The van der Waals surface area contributed by atoms with E-state index >= 15 is 0 Å². The third-order valence-corrected chi connectivity index (χ3v) is 3.40. The number of hydrogen-bond acceptors (Lipinski definition) is 4. The summed E-state index contributed by atoms with van der Waals surface area (Å²) in [4.78, 5) is 11.1. The average molecular weight is 287 g/mol. The molecule has 0 spiro atoms. The third-order valence-electron chi connectivity index (χ3n) is 3.40. The first kappa shape index (κ1) is 13.7. The molecule has 0 saturated carbocycles. The average Bonchev–Trinajstić information content (AvgIpc) is 2.74. The summed E-state index contributed by atoms with van der Waals surface area (Å²) in [6, 6.07) is 8.42. The van der Waals surface area contributed by atoms with Crippen LogP contribution < -0.4 is 14.9 Å². The van der Waals surface area contributed by atoms with Gasteiger partial charge in [-0.3, -0.25) is 4.79 Å². The molecule has 3 rings (SSSR count). The fourth-order valence-electron chi connectivity index (χ4n) is 2.26. The molecule has 0 fully saturated rings. The molecule has 1 N–H and O–H groups in total. The maximum absolute atomic E-state index is 11.1. The summed E-state index contributed by atoms with van der Waals surface area (Å²) in [7, 11) is 0. The van der Waals surface area contributed by atoms with Crippen molar-refractivity contribution in [3.63, 3.8) is 0 Å². The molecule has 1 aromatic heterocycles. The highest BCUT2D eigenvalue weighted by Gasteiger charge is 2.14. The van der Waals surface area contributed by atoms with Gasteiger partial charge >= 0.3 is 0 Å². The van der Waals surface area contributed by atoms with Gasteiger partial charge in [0.15, 0.2) is 16.9 Å². The van der Waals surface area contributed by atoms with Gasteiger partial charge in [-0.2, -0.15) is 0 Å². The van der Waals surface area contributed by atoms with Gasteiger partial charge in [-0.1, -0.05) is 6.07 Å². The normalized spacial score (nSPS) is 15.3. The second-order valence-electron chi connectivity index (χ2n) is 5.00. The molecule has 0 radical (unpaired) electrons. The standard InChI is InChI=1S/C16H17NO4/c18-13-4-6-17(7-5-13)11-14(19)12-2-3-15-16(10-12)21-9-1-8-20-15/h2-7,10,14,19H,1,8-9,11H2. The van der Waals surface area contributed by atoms with E-state index < -0.39 is 6.10 Å². The molecule has 1 unspecified atom stereocenters. The highest BCUT2D eigenvalue weighted by Crippen LogP contribution is 2.32. The third kappa shape index (κ3) is 3.25. The van der Waals surface area contributed by atoms with Crippen molar-refractivity contribution in [3.8, 4) is 11.5 Å². The molecular formula is C16H17NO4. The van der Waals surface area contributed by atoms with Crippen LogP contribution in [0.3, 0.4) is 0 Å². The molecule has 1 aliphatic rings. The molecule has 2 heterocycles. The Morgan fingerprint density at radius 2 is 1.81 bits per heavy atom. The molecule has 5 nitrogen and oxygen atoms in total. The van der Waals surface area contributed by atoms with Crippen molar-refractivity contribution < 1.29 is 14.6 Å². The van der Waals surface area contributed by atoms with Crippen molar-refractivity contribution in [2.45, 2.75) is 19.1 Å². The molecule has 0 saturated heterocycles. The van der Waals surface area contributed by atoms with Crippen molar-refractivity contribution >= 4 is 0 Å². The molecule has 2 aromatic rings. The lowest BCUT2D eigenvalue weighted by molar-refractivity contribution is 0.155. The quantitative estimate of drug-likeness (QED) is 0.934. The minimum Gasteiger partial charge on any atom is -0.490 e. The first-order valence-electron chi connectivity index (χ1n) is 6.96. The summed E-state index contributed by atoms with van der Waals surface area (Å²) in [5.74, 6) is 1.38. The fraction of sp³-hybridized carbons (Fsp3) is 0.312. The van der Waals surface area contributed by atoms with Gasteiger partial charge in [0.05, 0.1) is 25.9 Å². The number of aromatic nitrogens is 1. The van der Waals surface area contributed by atoms with Crippen molar-refractivity contribution in [2.24, 2.45) is 0 Å². The van der Waals surface area contributed by atoms with E-state index in [-0.39, 0.29) is 5.43 Å². The van der Waals surface area contributed by atoms with Crippen molar-refractivity contribution in [1.82, 2.24) is 4.57 Å². The highest BCUT2D eigenvalue weighted by atomic mass is 16.5. The van der Waals surface area contributed by atoms with E-state index in [2.05, 4.69) is 0 Å². The lowest BCUT2D eigenvalue weighted by atomic mass is 10.1. The summed E-state index contributed by atoms with van der Waals surface area (Å²) in [6.45, 7) is 1.64. The number of fused-ring (bicyclic) bond motifs is 1. The van der Waals surface area contributed by atoms with E-state index in [1.54, 1.807) is 17.0 Å². The van der Waals surface area contributed by atoms with Crippen molar-refractivity contribution in [1.29, 1.82) is 0 Å². The van der Waals surface area contributed by atoms with Gasteiger partial charge in [-0.05, 0) is 17.7 Å². The zero-order chi connectivity index (χ0) is 14.7. The van der Waals surface area contributed by atoms with Gasteiger partial charge in [0.25, 0.3) is 0 Å². The van der Waals surface area contributed by atoms with Crippen molar-refractivity contribution in [3.05, 3.63) is 58.5 Å². The Kier molecular flexibility index (Phi) is 3.92. The Bertz CT molecular complexity index is 660. The topological polar surface area (TPSA) is 60.7 Å². The Morgan fingerprint density at radius 1 is 1.10 bits per heavy atom. The molecule has 110 valence electrons. The van der Waals surface area contributed by atoms with E-state index in [1.807, 2.05) is 18.2 Å². The number of nitrogens with zero attached hydrogens (tertiary/aromatic N) is 1. The van der Waals surface area contributed by atoms with Gasteiger partial charge < -0.3 is 19.1 Å². The maximum Gasteiger partial charge on any atom is 0.181 e. The second-order valence-corrected chi connectivity index (χ2v) is 5.00. The van der Waals surface area contributed by atoms with Crippen LogP contribution in [-0.2, 0) is 6.54 Å². The maximum atomic E-state index is 11.1. The van der Waals surface area contributed by atoms with Crippen LogP contribution in [0.4, 0.5) is 0 Å². The predicted molar refractivity (Wildman–Crippen MR) is 77.7 cm³/mol. The zero-order valence-corrected chi connectivity index (χ0v) is 11.6. The number of ether oxygens (including phenoxy) is 2. The molecule has 21 heavy (non-hydrogen) atoms. The predicted octanol–water partition coefficient (Wildman–Crippen LogP) is 1.74. The summed E-state index contributed by atoms with van der Waals surface area (Å²) in [5.41, 5.74) is 0.717. The molecule has 1 aromatic carbocycles. The largest absolute Gasteiger partial charge is 0.490 e. The smallest absolute Gasteiger partial charge is 0.181 e. The van der Waals surface area contributed by atoms with Crippen LogP contribution in [0.15, 0.2) is 47.5 Å². The van der Waals surface area contributed by atoms with E-state index in [9.17, 15) is 9.90 Å². The summed E-state index contributed by atoms with van der Waals surface area (Å²) >= 11 is 0. The summed E-state index contributed by atoms with van der Waals surface area (Å²) in [6.07, 6.45) is 3.50. The fourth-order valence-corrected chi connectivity index (χ4v) is 2.26. The highest BCUT2D eigenvalue weighted by molar-refractivity contribution is 5.44. The van der Waals surface area contributed by atoms with Crippen molar-refractivity contribution in [2.75, 3.05) is 13.2 Å². The molecule has 0 amide bonds.